The summed E-state index contributed by atoms with van der Waals surface area (Å²) in [7, 11) is 0. The number of nitrogens with two attached hydrogens (primary N) is 1. The van der Waals surface area contributed by atoms with Crippen LogP contribution in [0.5, 0.6) is 11.5 Å². The molecule has 0 aliphatic carbocycles. The first-order valence-electron chi connectivity index (χ1n) is 6.66. The highest BCUT2D eigenvalue weighted by atomic mass is 35.5. The molecule has 5 heteroatoms. The Morgan fingerprint density at radius 1 is 1.05 bits per heavy atom. The Bertz CT molecular complexity index is 617. The van der Waals surface area contributed by atoms with Crippen molar-refractivity contribution in [2.45, 2.75) is 20.1 Å². The highest BCUT2D eigenvalue weighted by Crippen LogP contribution is 2.37. The first kappa shape index (κ1) is 16.0. The largest absolute Gasteiger partial charge is 0.490 e. The third-order valence-corrected chi connectivity index (χ3v) is 3.39. The lowest BCUT2D eigenvalue weighted by Gasteiger charge is -2.15. The molecule has 0 aliphatic heterocycles. The average Bonchev–Trinajstić information content (AvgIpc) is 2.46. The van der Waals surface area contributed by atoms with Gasteiger partial charge in [0.1, 0.15) is 6.61 Å². The highest BCUT2D eigenvalue weighted by molar-refractivity contribution is 6.32. The van der Waals surface area contributed by atoms with Crippen molar-refractivity contribution in [3.05, 3.63) is 57.6 Å². The van der Waals surface area contributed by atoms with Gasteiger partial charge in [0.05, 0.1) is 11.6 Å². The minimum absolute atomic E-state index is 0.363. The lowest BCUT2D eigenvalue weighted by atomic mass is 10.2. The number of ether oxygens (including phenoxy) is 2. The van der Waals surface area contributed by atoms with Crippen molar-refractivity contribution < 1.29 is 9.47 Å². The van der Waals surface area contributed by atoms with Gasteiger partial charge in [-0.3, -0.25) is 0 Å². The fourth-order valence-corrected chi connectivity index (χ4v) is 2.43. The normalized spacial score (nSPS) is 10.5. The maximum absolute atomic E-state index is 6.26. The van der Waals surface area contributed by atoms with Gasteiger partial charge >= 0.3 is 0 Å². The number of rotatable bonds is 6. The Kier molecular flexibility index (Phi) is 5.74. The van der Waals surface area contributed by atoms with E-state index in [1.807, 2.05) is 37.3 Å². The molecule has 0 aliphatic rings. The zero-order valence-electron chi connectivity index (χ0n) is 11.7. The van der Waals surface area contributed by atoms with E-state index in [-0.39, 0.29) is 0 Å². The van der Waals surface area contributed by atoms with Gasteiger partial charge in [-0.05, 0) is 42.3 Å². The molecule has 0 atom stereocenters. The van der Waals surface area contributed by atoms with Crippen LogP contribution >= 0.6 is 23.2 Å². The average molecular weight is 326 g/mol. The molecule has 112 valence electrons. The van der Waals surface area contributed by atoms with Crippen LogP contribution in [-0.4, -0.2) is 6.61 Å². The zero-order valence-corrected chi connectivity index (χ0v) is 13.2. The van der Waals surface area contributed by atoms with E-state index < -0.39 is 0 Å². The van der Waals surface area contributed by atoms with Crippen LogP contribution in [0.4, 0.5) is 0 Å². The van der Waals surface area contributed by atoms with Crippen molar-refractivity contribution >= 4 is 23.2 Å². The Hall–Kier alpha value is -1.42. The van der Waals surface area contributed by atoms with Crippen molar-refractivity contribution in [2.75, 3.05) is 6.61 Å². The minimum atomic E-state index is 0.363. The van der Waals surface area contributed by atoms with Gasteiger partial charge < -0.3 is 15.2 Å². The molecule has 0 saturated carbocycles. The molecule has 2 rings (SSSR count). The Morgan fingerprint density at radius 2 is 1.86 bits per heavy atom. The van der Waals surface area contributed by atoms with Crippen LogP contribution < -0.4 is 15.2 Å². The van der Waals surface area contributed by atoms with Gasteiger partial charge in [-0.15, -0.1) is 0 Å². The molecule has 0 aromatic heterocycles. The van der Waals surface area contributed by atoms with Gasteiger partial charge in [0.25, 0.3) is 0 Å². The van der Waals surface area contributed by atoms with Crippen LogP contribution in [0.1, 0.15) is 18.1 Å². The zero-order chi connectivity index (χ0) is 15.2. The molecule has 0 radical (unpaired) electrons. The van der Waals surface area contributed by atoms with E-state index in [1.165, 1.54) is 0 Å². The molecule has 0 amide bonds. The van der Waals surface area contributed by atoms with E-state index in [0.29, 0.717) is 41.3 Å². The van der Waals surface area contributed by atoms with Crippen LogP contribution in [0.2, 0.25) is 10.0 Å². The minimum Gasteiger partial charge on any atom is -0.490 e. The second kappa shape index (κ2) is 7.55. The molecule has 0 spiro atoms. The van der Waals surface area contributed by atoms with Crippen LogP contribution in [0, 0.1) is 0 Å². The van der Waals surface area contributed by atoms with Gasteiger partial charge in [-0.2, -0.15) is 0 Å². The van der Waals surface area contributed by atoms with Gasteiger partial charge in [0.15, 0.2) is 11.5 Å². The third-order valence-electron chi connectivity index (χ3n) is 2.88. The molecule has 0 saturated heterocycles. The van der Waals surface area contributed by atoms with Crippen molar-refractivity contribution in [1.82, 2.24) is 0 Å². The van der Waals surface area contributed by atoms with E-state index in [4.69, 9.17) is 38.4 Å². The third kappa shape index (κ3) is 4.27. The second-order valence-electron chi connectivity index (χ2n) is 4.46. The summed E-state index contributed by atoms with van der Waals surface area (Å²) in [4.78, 5) is 0. The first-order chi connectivity index (χ1) is 10.1. The molecule has 0 heterocycles. The molecular weight excluding hydrogens is 309 g/mol. The number of benzene rings is 2. The van der Waals surface area contributed by atoms with Crippen LogP contribution in [0.3, 0.4) is 0 Å². The first-order valence-corrected chi connectivity index (χ1v) is 7.42. The predicted octanol–water partition coefficient (Wildman–Crippen LogP) is 4.43. The maximum atomic E-state index is 6.26. The van der Waals surface area contributed by atoms with E-state index >= 15 is 0 Å². The lowest BCUT2D eigenvalue weighted by Crippen LogP contribution is -2.03. The standard InChI is InChI=1S/C16H17Cl2NO2/c1-2-20-15-8-12(9-19)7-14(18)16(15)21-10-11-4-3-5-13(17)6-11/h3-8H,2,9-10,19H2,1H3. The van der Waals surface area contributed by atoms with E-state index in [9.17, 15) is 0 Å². The van der Waals surface area contributed by atoms with E-state index in [0.717, 1.165) is 11.1 Å². The SMILES string of the molecule is CCOc1cc(CN)cc(Cl)c1OCc1cccc(Cl)c1. The van der Waals surface area contributed by atoms with Crippen molar-refractivity contribution in [1.29, 1.82) is 0 Å². The van der Waals surface area contributed by atoms with Gasteiger partial charge in [-0.1, -0.05) is 35.3 Å². The molecule has 0 fully saturated rings. The molecule has 3 nitrogen and oxygen atoms in total. The Labute approximate surface area is 134 Å². The molecule has 2 N–H and O–H groups in total. The molecular formula is C16H17Cl2NO2. The predicted molar refractivity (Wildman–Crippen MR) is 86.3 cm³/mol. The summed E-state index contributed by atoms with van der Waals surface area (Å²) in [5.41, 5.74) is 7.51. The summed E-state index contributed by atoms with van der Waals surface area (Å²) in [5.74, 6) is 1.13. The quantitative estimate of drug-likeness (QED) is 0.854. The summed E-state index contributed by atoms with van der Waals surface area (Å²) >= 11 is 12.2. The summed E-state index contributed by atoms with van der Waals surface area (Å²) in [6.07, 6.45) is 0. The topological polar surface area (TPSA) is 44.5 Å². The summed E-state index contributed by atoms with van der Waals surface area (Å²) in [6.45, 7) is 3.19. The number of hydrogen-bond acceptors (Lipinski definition) is 3. The maximum Gasteiger partial charge on any atom is 0.180 e. The molecule has 0 unspecified atom stereocenters. The fourth-order valence-electron chi connectivity index (χ4n) is 1.92. The van der Waals surface area contributed by atoms with Crippen molar-refractivity contribution in [2.24, 2.45) is 5.73 Å². The van der Waals surface area contributed by atoms with Crippen LogP contribution in [0.15, 0.2) is 36.4 Å². The fraction of sp³-hybridized carbons (Fsp3) is 0.250. The monoisotopic (exact) mass is 325 g/mol. The molecule has 0 bridgehead atoms. The van der Waals surface area contributed by atoms with E-state index in [2.05, 4.69) is 0 Å². The Balaban J connectivity index is 2.22. The summed E-state index contributed by atoms with van der Waals surface area (Å²) < 4.78 is 11.4. The molecule has 2 aromatic rings. The summed E-state index contributed by atoms with van der Waals surface area (Å²) in [5, 5.41) is 1.16. The van der Waals surface area contributed by atoms with Gasteiger partial charge in [-0.25, -0.2) is 0 Å². The van der Waals surface area contributed by atoms with Gasteiger partial charge in [0.2, 0.25) is 0 Å². The van der Waals surface area contributed by atoms with Crippen molar-refractivity contribution in [3.63, 3.8) is 0 Å². The second-order valence-corrected chi connectivity index (χ2v) is 5.30. The number of hydrogen-bond donors (Lipinski definition) is 1. The van der Waals surface area contributed by atoms with Crippen LogP contribution in [-0.2, 0) is 13.2 Å². The molecule has 21 heavy (non-hydrogen) atoms. The summed E-state index contributed by atoms with van der Waals surface area (Å²) in [6, 6.07) is 11.1. The van der Waals surface area contributed by atoms with E-state index in [1.54, 1.807) is 6.07 Å². The van der Waals surface area contributed by atoms with Crippen molar-refractivity contribution in [3.8, 4) is 11.5 Å². The number of halogens is 2. The molecule has 2 aromatic carbocycles. The Morgan fingerprint density at radius 3 is 2.52 bits per heavy atom. The van der Waals surface area contributed by atoms with Gasteiger partial charge in [0, 0.05) is 11.6 Å². The highest BCUT2D eigenvalue weighted by Gasteiger charge is 2.12. The van der Waals surface area contributed by atoms with Crippen LogP contribution in [0.25, 0.3) is 0 Å². The lowest BCUT2D eigenvalue weighted by molar-refractivity contribution is 0.269. The smallest absolute Gasteiger partial charge is 0.180 e.